The van der Waals surface area contributed by atoms with E-state index < -0.39 is 0 Å². The van der Waals surface area contributed by atoms with E-state index in [0.717, 1.165) is 18.8 Å². The van der Waals surface area contributed by atoms with E-state index in [1.165, 1.54) is 11.5 Å². The van der Waals surface area contributed by atoms with Gasteiger partial charge in [0.15, 0.2) is 0 Å². The Morgan fingerprint density at radius 2 is 2.60 bits per heavy atom. The number of nitrogens with zero attached hydrogens (tertiary/aromatic N) is 1. The molecule has 0 atom stereocenters. The van der Waals surface area contributed by atoms with Crippen molar-refractivity contribution in [1.82, 2.24) is 9.69 Å². The zero-order valence-corrected chi connectivity index (χ0v) is 6.32. The number of hydrogen-bond acceptors (Lipinski definition) is 4. The molecule has 0 amide bonds. The maximum Gasteiger partial charge on any atom is 0.0656 e. The maximum absolute atomic E-state index is 3.99. The molecule has 54 valence electrons. The summed E-state index contributed by atoms with van der Waals surface area (Å²) in [5.74, 6) is 0. The summed E-state index contributed by atoms with van der Waals surface area (Å²) in [6, 6.07) is 0.622. The lowest BCUT2D eigenvalue weighted by atomic mass is 10.2. The normalized spacial score (nSPS) is 18.4. The Hall–Kier alpha value is -0.610. The third-order valence-electron chi connectivity index (χ3n) is 1.58. The Kier molecular flexibility index (Phi) is 1.56. The van der Waals surface area contributed by atoms with Crippen LogP contribution in [-0.2, 0) is 0 Å². The minimum absolute atomic E-state index is 0.622. The summed E-state index contributed by atoms with van der Waals surface area (Å²) in [6.45, 7) is 2.16. The van der Waals surface area contributed by atoms with Gasteiger partial charge in [0.2, 0.25) is 0 Å². The van der Waals surface area contributed by atoms with Crippen LogP contribution in [0.25, 0.3) is 0 Å². The second-order valence-electron chi connectivity index (χ2n) is 2.41. The molecule has 3 nitrogen and oxygen atoms in total. The van der Waals surface area contributed by atoms with Crippen LogP contribution in [0.1, 0.15) is 0 Å². The number of rotatable bonds is 2. The SMILES string of the molecule is c1nscc1NC1CNC1. The molecule has 1 aromatic rings. The fourth-order valence-corrected chi connectivity index (χ4v) is 1.38. The standard InChI is InChI=1S/C6H9N3S/c1-5(2-7-1)9-6-3-8-10-4-6/h3-5,7,9H,1-2H2. The molecule has 0 bridgehead atoms. The second-order valence-corrected chi connectivity index (χ2v) is 3.07. The Labute approximate surface area is 63.6 Å². The smallest absolute Gasteiger partial charge is 0.0656 e. The van der Waals surface area contributed by atoms with E-state index in [-0.39, 0.29) is 0 Å². The van der Waals surface area contributed by atoms with Crippen molar-refractivity contribution in [2.75, 3.05) is 18.4 Å². The van der Waals surface area contributed by atoms with Crippen molar-refractivity contribution in [3.05, 3.63) is 11.6 Å². The Morgan fingerprint density at radius 1 is 1.70 bits per heavy atom. The molecule has 0 spiro atoms. The molecule has 2 N–H and O–H groups in total. The molecule has 0 radical (unpaired) electrons. The second kappa shape index (κ2) is 2.56. The molecule has 4 heteroatoms. The van der Waals surface area contributed by atoms with Gasteiger partial charge in [-0.3, -0.25) is 0 Å². The van der Waals surface area contributed by atoms with E-state index in [1.54, 1.807) is 0 Å². The molecule has 0 aromatic carbocycles. The van der Waals surface area contributed by atoms with E-state index in [0.29, 0.717) is 6.04 Å². The molecule has 0 aliphatic carbocycles. The largest absolute Gasteiger partial charge is 0.378 e. The third-order valence-corrected chi connectivity index (χ3v) is 2.17. The van der Waals surface area contributed by atoms with Gasteiger partial charge in [-0.05, 0) is 11.5 Å². The molecular formula is C6H9N3S. The van der Waals surface area contributed by atoms with Gasteiger partial charge < -0.3 is 10.6 Å². The van der Waals surface area contributed by atoms with Gasteiger partial charge in [-0.2, -0.15) is 4.37 Å². The van der Waals surface area contributed by atoms with E-state index >= 15 is 0 Å². The summed E-state index contributed by atoms with van der Waals surface area (Å²) in [6.07, 6.45) is 1.86. The minimum Gasteiger partial charge on any atom is -0.378 e. The van der Waals surface area contributed by atoms with Crippen LogP contribution in [0.2, 0.25) is 0 Å². The number of aromatic nitrogens is 1. The Bertz CT molecular complexity index is 193. The zero-order valence-electron chi connectivity index (χ0n) is 5.50. The van der Waals surface area contributed by atoms with Crippen LogP contribution in [0.3, 0.4) is 0 Å². The highest BCUT2D eigenvalue weighted by Crippen LogP contribution is 2.10. The van der Waals surface area contributed by atoms with E-state index in [1.807, 2.05) is 11.6 Å². The lowest BCUT2D eigenvalue weighted by molar-refractivity contribution is 0.472. The Morgan fingerprint density at radius 3 is 3.10 bits per heavy atom. The monoisotopic (exact) mass is 155 g/mol. The van der Waals surface area contributed by atoms with Crippen molar-refractivity contribution in [2.45, 2.75) is 6.04 Å². The van der Waals surface area contributed by atoms with Crippen LogP contribution in [0.4, 0.5) is 5.69 Å². The molecule has 1 aliphatic heterocycles. The third kappa shape index (κ3) is 1.12. The quantitative estimate of drug-likeness (QED) is 0.654. The van der Waals surface area contributed by atoms with Crippen LogP contribution in [-0.4, -0.2) is 23.5 Å². The first kappa shape index (κ1) is 6.12. The van der Waals surface area contributed by atoms with Crippen LogP contribution < -0.4 is 10.6 Å². The summed E-state index contributed by atoms with van der Waals surface area (Å²) < 4.78 is 3.99. The lowest BCUT2D eigenvalue weighted by Crippen LogP contribution is -2.51. The average molecular weight is 155 g/mol. The first-order valence-corrected chi connectivity index (χ1v) is 4.15. The molecule has 2 heterocycles. The highest BCUT2D eigenvalue weighted by atomic mass is 32.1. The van der Waals surface area contributed by atoms with E-state index in [9.17, 15) is 0 Å². The van der Waals surface area contributed by atoms with Crippen molar-refractivity contribution in [2.24, 2.45) is 0 Å². The molecule has 0 unspecified atom stereocenters. The van der Waals surface area contributed by atoms with Crippen LogP contribution in [0.15, 0.2) is 11.6 Å². The van der Waals surface area contributed by atoms with Crippen molar-refractivity contribution < 1.29 is 0 Å². The summed E-state index contributed by atoms with van der Waals surface area (Å²) in [5, 5.41) is 8.56. The average Bonchev–Trinajstić information content (AvgIpc) is 2.29. The summed E-state index contributed by atoms with van der Waals surface area (Å²) >= 11 is 1.48. The molecule has 2 rings (SSSR count). The first-order chi connectivity index (χ1) is 4.95. The number of hydrogen-bond donors (Lipinski definition) is 2. The zero-order chi connectivity index (χ0) is 6.81. The highest BCUT2D eigenvalue weighted by molar-refractivity contribution is 7.04. The summed E-state index contributed by atoms with van der Waals surface area (Å²) in [4.78, 5) is 0. The fourth-order valence-electron chi connectivity index (χ4n) is 0.903. The van der Waals surface area contributed by atoms with Gasteiger partial charge in [0, 0.05) is 18.5 Å². The van der Waals surface area contributed by atoms with Crippen LogP contribution in [0.5, 0.6) is 0 Å². The van der Waals surface area contributed by atoms with Crippen LogP contribution in [0, 0.1) is 0 Å². The highest BCUT2D eigenvalue weighted by Gasteiger charge is 2.15. The molecule has 0 saturated carbocycles. The predicted molar refractivity (Wildman–Crippen MR) is 42.4 cm³/mol. The van der Waals surface area contributed by atoms with Crippen molar-refractivity contribution in [3.8, 4) is 0 Å². The van der Waals surface area contributed by atoms with Gasteiger partial charge in [0.05, 0.1) is 17.9 Å². The molecular weight excluding hydrogens is 146 g/mol. The summed E-state index contributed by atoms with van der Waals surface area (Å²) in [5.41, 5.74) is 1.15. The molecule has 10 heavy (non-hydrogen) atoms. The maximum atomic E-state index is 3.99. The van der Waals surface area contributed by atoms with Gasteiger partial charge in [0.1, 0.15) is 0 Å². The molecule has 1 saturated heterocycles. The molecule has 1 fully saturated rings. The van der Waals surface area contributed by atoms with E-state index in [4.69, 9.17) is 0 Å². The summed E-state index contributed by atoms with van der Waals surface area (Å²) in [7, 11) is 0. The van der Waals surface area contributed by atoms with Gasteiger partial charge in [-0.25, -0.2) is 0 Å². The molecule has 1 aromatic heterocycles. The number of anilines is 1. The fraction of sp³-hybridized carbons (Fsp3) is 0.500. The minimum atomic E-state index is 0.622. The van der Waals surface area contributed by atoms with Crippen LogP contribution >= 0.6 is 11.5 Å². The topological polar surface area (TPSA) is 37.0 Å². The van der Waals surface area contributed by atoms with Crippen molar-refractivity contribution in [1.29, 1.82) is 0 Å². The predicted octanol–water partition coefficient (Wildman–Crippen LogP) is 0.527. The Balaban J connectivity index is 1.90. The first-order valence-electron chi connectivity index (χ1n) is 3.32. The van der Waals surface area contributed by atoms with Gasteiger partial charge in [0.25, 0.3) is 0 Å². The molecule has 1 aliphatic rings. The van der Waals surface area contributed by atoms with E-state index in [2.05, 4.69) is 15.0 Å². The lowest BCUT2D eigenvalue weighted by Gasteiger charge is -2.28. The van der Waals surface area contributed by atoms with Gasteiger partial charge in [-0.1, -0.05) is 0 Å². The van der Waals surface area contributed by atoms with Crippen molar-refractivity contribution >= 4 is 17.2 Å². The van der Waals surface area contributed by atoms with Gasteiger partial charge in [-0.15, -0.1) is 0 Å². The van der Waals surface area contributed by atoms with Crippen molar-refractivity contribution in [3.63, 3.8) is 0 Å². The number of nitrogens with one attached hydrogen (secondary N) is 2. The van der Waals surface area contributed by atoms with Gasteiger partial charge >= 0.3 is 0 Å².